The predicted octanol–water partition coefficient (Wildman–Crippen LogP) is 2.27. The Bertz CT molecular complexity index is 588. The van der Waals surface area contributed by atoms with Gasteiger partial charge in [-0.25, -0.2) is 4.79 Å². The van der Waals surface area contributed by atoms with E-state index in [9.17, 15) is 9.59 Å². The van der Waals surface area contributed by atoms with Gasteiger partial charge in [0.1, 0.15) is 0 Å². The molecule has 0 saturated heterocycles. The fourth-order valence-corrected chi connectivity index (χ4v) is 2.36. The molecule has 0 atom stereocenters. The van der Waals surface area contributed by atoms with Crippen LogP contribution in [0.5, 0.6) is 0 Å². The van der Waals surface area contributed by atoms with Gasteiger partial charge in [-0.05, 0) is 11.1 Å². The van der Waals surface area contributed by atoms with E-state index in [1.54, 1.807) is 0 Å². The molecule has 0 saturated carbocycles. The summed E-state index contributed by atoms with van der Waals surface area (Å²) in [5.41, 5.74) is 7.32. The Hall–Kier alpha value is -2.66. The molecule has 120 valence electrons. The van der Waals surface area contributed by atoms with Crippen LogP contribution in [0.15, 0.2) is 60.7 Å². The van der Waals surface area contributed by atoms with E-state index < -0.39 is 6.03 Å². The van der Waals surface area contributed by atoms with E-state index in [1.165, 1.54) is 11.1 Å². The fourth-order valence-electron chi connectivity index (χ4n) is 2.36. The van der Waals surface area contributed by atoms with E-state index in [0.717, 1.165) is 13.1 Å². The van der Waals surface area contributed by atoms with Crippen LogP contribution in [0.25, 0.3) is 0 Å². The zero-order chi connectivity index (χ0) is 16.5. The van der Waals surface area contributed by atoms with Crippen LogP contribution >= 0.6 is 0 Å². The molecule has 0 aliphatic heterocycles. The number of benzene rings is 2. The number of primary amides is 1. The largest absolute Gasteiger partial charge is 0.351 e. The number of nitrogens with zero attached hydrogens (tertiary/aromatic N) is 1. The zero-order valence-corrected chi connectivity index (χ0v) is 12.9. The molecule has 0 aliphatic carbocycles. The van der Waals surface area contributed by atoms with Gasteiger partial charge in [0.2, 0.25) is 5.91 Å². The average molecular weight is 311 g/mol. The molecule has 0 aliphatic rings. The number of carbonyl (C=O) groups is 2. The van der Waals surface area contributed by atoms with Crippen molar-refractivity contribution in [1.29, 1.82) is 0 Å². The van der Waals surface area contributed by atoms with Gasteiger partial charge in [-0.3, -0.25) is 15.0 Å². The maximum absolute atomic E-state index is 11.6. The number of imide groups is 1. The second-order valence-corrected chi connectivity index (χ2v) is 5.34. The summed E-state index contributed by atoms with van der Waals surface area (Å²) in [4.78, 5) is 24.5. The number of urea groups is 1. The lowest BCUT2D eigenvalue weighted by molar-refractivity contribution is -0.120. The molecule has 2 rings (SSSR count). The van der Waals surface area contributed by atoms with Crippen molar-refractivity contribution in [3.8, 4) is 0 Å². The highest BCUT2D eigenvalue weighted by molar-refractivity contribution is 5.93. The summed E-state index contributed by atoms with van der Waals surface area (Å²) in [7, 11) is 0. The van der Waals surface area contributed by atoms with Crippen LogP contribution in [-0.2, 0) is 17.9 Å². The first-order chi connectivity index (χ1) is 11.1. The molecular weight excluding hydrogens is 290 g/mol. The molecule has 0 heterocycles. The Labute approximate surface area is 136 Å². The summed E-state index contributed by atoms with van der Waals surface area (Å²) < 4.78 is 0. The third-order valence-corrected chi connectivity index (χ3v) is 3.42. The van der Waals surface area contributed by atoms with Crippen LogP contribution in [0.4, 0.5) is 4.79 Å². The SMILES string of the molecule is NC(=O)NC(=O)CCN(Cc1ccccc1)Cc1ccccc1. The third-order valence-electron chi connectivity index (χ3n) is 3.42. The second-order valence-electron chi connectivity index (χ2n) is 5.34. The lowest BCUT2D eigenvalue weighted by Crippen LogP contribution is -2.37. The van der Waals surface area contributed by atoms with Gasteiger partial charge >= 0.3 is 6.03 Å². The summed E-state index contributed by atoms with van der Waals surface area (Å²) >= 11 is 0. The van der Waals surface area contributed by atoms with Crippen molar-refractivity contribution in [3.63, 3.8) is 0 Å². The molecule has 3 N–H and O–H groups in total. The van der Waals surface area contributed by atoms with E-state index in [1.807, 2.05) is 36.4 Å². The Morgan fingerprint density at radius 3 is 1.78 bits per heavy atom. The standard InChI is InChI=1S/C18H21N3O2/c19-18(23)20-17(22)11-12-21(13-15-7-3-1-4-8-15)14-16-9-5-2-6-10-16/h1-10H,11-14H2,(H3,19,20,22,23). The van der Waals surface area contributed by atoms with Crippen molar-refractivity contribution in [2.45, 2.75) is 19.5 Å². The minimum absolute atomic E-state index is 0.225. The van der Waals surface area contributed by atoms with Gasteiger partial charge in [0.05, 0.1) is 0 Å². The van der Waals surface area contributed by atoms with Gasteiger partial charge in [-0.2, -0.15) is 0 Å². The fraction of sp³-hybridized carbons (Fsp3) is 0.222. The first-order valence-corrected chi connectivity index (χ1v) is 7.53. The molecule has 3 amide bonds. The molecule has 5 nitrogen and oxygen atoms in total. The first-order valence-electron chi connectivity index (χ1n) is 7.53. The minimum atomic E-state index is -0.812. The van der Waals surface area contributed by atoms with Crippen molar-refractivity contribution in [3.05, 3.63) is 71.8 Å². The van der Waals surface area contributed by atoms with Gasteiger partial charge < -0.3 is 5.73 Å². The lowest BCUT2D eigenvalue weighted by atomic mass is 10.1. The molecule has 0 aromatic heterocycles. The van der Waals surface area contributed by atoms with Crippen molar-refractivity contribution >= 4 is 11.9 Å². The Morgan fingerprint density at radius 1 is 0.870 bits per heavy atom. The highest BCUT2D eigenvalue weighted by Crippen LogP contribution is 2.10. The molecule has 2 aromatic carbocycles. The molecule has 5 heteroatoms. The van der Waals surface area contributed by atoms with Gasteiger partial charge in [0.15, 0.2) is 0 Å². The van der Waals surface area contributed by atoms with E-state index in [4.69, 9.17) is 5.73 Å². The normalized spacial score (nSPS) is 10.5. The summed E-state index contributed by atoms with van der Waals surface area (Å²) in [6, 6.07) is 19.4. The highest BCUT2D eigenvalue weighted by Gasteiger charge is 2.11. The highest BCUT2D eigenvalue weighted by atomic mass is 16.2. The molecule has 0 radical (unpaired) electrons. The maximum Gasteiger partial charge on any atom is 0.318 e. The van der Waals surface area contributed by atoms with E-state index in [0.29, 0.717) is 6.54 Å². The van der Waals surface area contributed by atoms with Gasteiger partial charge in [-0.1, -0.05) is 60.7 Å². The zero-order valence-electron chi connectivity index (χ0n) is 12.9. The summed E-state index contributed by atoms with van der Waals surface area (Å²) in [6.45, 7) is 2.02. The molecule has 0 unspecified atom stereocenters. The summed E-state index contributed by atoms with van der Waals surface area (Å²) in [5.74, 6) is -0.358. The van der Waals surface area contributed by atoms with Crippen LogP contribution in [-0.4, -0.2) is 23.4 Å². The molecule has 23 heavy (non-hydrogen) atoms. The molecular formula is C18H21N3O2. The van der Waals surface area contributed by atoms with Gasteiger partial charge in [-0.15, -0.1) is 0 Å². The van der Waals surface area contributed by atoms with Crippen LogP contribution in [0.3, 0.4) is 0 Å². The molecule has 0 spiro atoms. The second kappa shape index (κ2) is 8.70. The van der Waals surface area contributed by atoms with Crippen molar-refractivity contribution in [1.82, 2.24) is 10.2 Å². The number of carbonyl (C=O) groups excluding carboxylic acids is 2. The molecule has 0 bridgehead atoms. The Kier molecular flexibility index (Phi) is 6.32. The average Bonchev–Trinajstić information content (AvgIpc) is 2.54. The van der Waals surface area contributed by atoms with E-state index >= 15 is 0 Å². The van der Waals surface area contributed by atoms with Crippen molar-refractivity contribution in [2.75, 3.05) is 6.54 Å². The third kappa shape index (κ3) is 6.32. The topological polar surface area (TPSA) is 75.4 Å². The van der Waals surface area contributed by atoms with Crippen molar-refractivity contribution in [2.24, 2.45) is 5.73 Å². The summed E-state index contributed by atoms with van der Waals surface area (Å²) in [6.07, 6.45) is 0.225. The van der Waals surface area contributed by atoms with Crippen LogP contribution in [0, 0.1) is 0 Å². The number of amides is 3. The molecule has 2 aromatic rings. The van der Waals surface area contributed by atoms with Crippen LogP contribution in [0.2, 0.25) is 0 Å². The number of nitrogens with one attached hydrogen (secondary N) is 1. The maximum atomic E-state index is 11.6. The monoisotopic (exact) mass is 311 g/mol. The Balaban J connectivity index is 1.99. The van der Waals surface area contributed by atoms with E-state index in [2.05, 4.69) is 34.5 Å². The van der Waals surface area contributed by atoms with Crippen LogP contribution < -0.4 is 11.1 Å². The lowest BCUT2D eigenvalue weighted by Gasteiger charge is -2.22. The quantitative estimate of drug-likeness (QED) is 0.823. The predicted molar refractivity (Wildman–Crippen MR) is 89.3 cm³/mol. The Morgan fingerprint density at radius 2 is 1.35 bits per heavy atom. The van der Waals surface area contributed by atoms with E-state index in [-0.39, 0.29) is 12.3 Å². The number of hydrogen-bond donors (Lipinski definition) is 2. The number of hydrogen-bond acceptors (Lipinski definition) is 3. The minimum Gasteiger partial charge on any atom is -0.351 e. The summed E-state index contributed by atoms with van der Waals surface area (Å²) in [5, 5.41) is 2.10. The van der Waals surface area contributed by atoms with Crippen molar-refractivity contribution < 1.29 is 9.59 Å². The number of nitrogens with two attached hydrogens (primary N) is 1. The van der Waals surface area contributed by atoms with Crippen LogP contribution in [0.1, 0.15) is 17.5 Å². The molecule has 0 fully saturated rings. The van der Waals surface area contributed by atoms with Gasteiger partial charge in [0.25, 0.3) is 0 Å². The number of rotatable bonds is 7. The van der Waals surface area contributed by atoms with Gasteiger partial charge in [0, 0.05) is 26.1 Å². The first kappa shape index (κ1) is 16.7. The smallest absolute Gasteiger partial charge is 0.318 e.